The average molecular weight is 209 g/mol. The second-order valence-electron chi connectivity index (χ2n) is 3.81. The van der Waals surface area contributed by atoms with E-state index in [1.54, 1.807) is 12.4 Å². The molecule has 0 atom stereocenters. The van der Waals surface area contributed by atoms with E-state index in [-0.39, 0.29) is 5.54 Å². The van der Waals surface area contributed by atoms with Crippen LogP contribution in [0.4, 0.5) is 0 Å². The second kappa shape index (κ2) is 5.07. The smallest absolute Gasteiger partial charge is 0.235 e. The van der Waals surface area contributed by atoms with Crippen LogP contribution in [-0.2, 0) is 0 Å². The molecule has 0 aliphatic carbocycles. The van der Waals surface area contributed by atoms with Crippen molar-refractivity contribution in [3.63, 3.8) is 0 Å². The van der Waals surface area contributed by atoms with Crippen molar-refractivity contribution < 1.29 is 4.74 Å². The van der Waals surface area contributed by atoms with Crippen molar-refractivity contribution in [3.05, 3.63) is 18.1 Å². The van der Waals surface area contributed by atoms with E-state index >= 15 is 0 Å². The molecule has 84 valence electrons. The van der Waals surface area contributed by atoms with Gasteiger partial charge >= 0.3 is 0 Å². The fourth-order valence-electron chi connectivity index (χ4n) is 1.20. The highest BCUT2D eigenvalue weighted by molar-refractivity contribution is 5.15. The Hall–Kier alpha value is -1.16. The van der Waals surface area contributed by atoms with Gasteiger partial charge in [-0.05, 0) is 19.8 Å². The van der Waals surface area contributed by atoms with E-state index in [4.69, 9.17) is 10.5 Å². The van der Waals surface area contributed by atoms with E-state index < -0.39 is 0 Å². The van der Waals surface area contributed by atoms with E-state index in [2.05, 4.69) is 23.8 Å². The zero-order valence-corrected chi connectivity index (χ0v) is 9.66. The first-order chi connectivity index (χ1) is 7.11. The summed E-state index contributed by atoms with van der Waals surface area (Å²) in [6.45, 7) is 6.49. The number of ether oxygens (including phenoxy) is 1. The molecule has 4 nitrogen and oxygen atoms in total. The summed E-state index contributed by atoms with van der Waals surface area (Å²) in [5.74, 6) is 0.578. The van der Waals surface area contributed by atoms with Crippen LogP contribution < -0.4 is 10.5 Å². The van der Waals surface area contributed by atoms with Crippen molar-refractivity contribution in [1.29, 1.82) is 0 Å². The second-order valence-corrected chi connectivity index (χ2v) is 3.81. The van der Waals surface area contributed by atoms with Crippen LogP contribution in [0.1, 0.15) is 32.4 Å². The molecule has 0 bridgehead atoms. The molecular formula is C11H19N3O. The van der Waals surface area contributed by atoms with E-state index in [1.165, 1.54) is 0 Å². The maximum Gasteiger partial charge on any atom is 0.235 e. The van der Waals surface area contributed by atoms with Gasteiger partial charge in [0.15, 0.2) is 0 Å². The molecule has 0 saturated carbocycles. The molecule has 0 aliphatic heterocycles. The van der Waals surface area contributed by atoms with Crippen LogP contribution in [0.5, 0.6) is 5.88 Å². The topological polar surface area (TPSA) is 61.0 Å². The van der Waals surface area contributed by atoms with Gasteiger partial charge in [0, 0.05) is 17.9 Å². The van der Waals surface area contributed by atoms with E-state index in [0.29, 0.717) is 12.5 Å². The molecule has 0 saturated heterocycles. The van der Waals surface area contributed by atoms with E-state index in [1.807, 2.05) is 6.92 Å². The van der Waals surface area contributed by atoms with Gasteiger partial charge in [-0.25, -0.2) is 4.98 Å². The first-order valence-corrected chi connectivity index (χ1v) is 5.30. The maximum absolute atomic E-state index is 6.12. The van der Waals surface area contributed by atoms with Crippen LogP contribution in [0.15, 0.2) is 12.4 Å². The third-order valence-corrected chi connectivity index (χ3v) is 2.74. The largest absolute Gasteiger partial charge is 0.474 e. The summed E-state index contributed by atoms with van der Waals surface area (Å²) in [6, 6.07) is 0. The Morgan fingerprint density at radius 3 is 2.40 bits per heavy atom. The monoisotopic (exact) mass is 209 g/mol. The Bertz CT molecular complexity index is 310. The Morgan fingerprint density at radius 2 is 1.87 bits per heavy atom. The molecule has 2 N–H and O–H groups in total. The standard InChI is InChI=1S/C11H19N3O/c1-4-11(12,5-2)8-15-10-9(3)13-6-7-14-10/h6-7H,4-5,8,12H2,1-3H3. The third kappa shape index (κ3) is 3.16. The number of aryl methyl sites for hydroxylation is 1. The minimum Gasteiger partial charge on any atom is -0.474 e. The van der Waals surface area contributed by atoms with Crippen LogP contribution in [-0.4, -0.2) is 22.1 Å². The molecule has 0 unspecified atom stereocenters. The highest BCUT2D eigenvalue weighted by Gasteiger charge is 2.21. The molecule has 0 radical (unpaired) electrons. The van der Waals surface area contributed by atoms with Crippen LogP contribution in [0.25, 0.3) is 0 Å². The molecule has 15 heavy (non-hydrogen) atoms. The third-order valence-electron chi connectivity index (χ3n) is 2.74. The van der Waals surface area contributed by atoms with Crippen molar-refractivity contribution in [2.24, 2.45) is 5.73 Å². The predicted molar refractivity (Wildman–Crippen MR) is 59.8 cm³/mol. The van der Waals surface area contributed by atoms with Crippen molar-refractivity contribution in [2.45, 2.75) is 39.2 Å². The molecule has 0 aromatic carbocycles. The van der Waals surface area contributed by atoms with Gasteiger partial charge in [0.25, 0.3) is 0 Å². The molecule has 1 heterocycles. The molecule has 4 heteroatoms. The Labute approximate surface area is 90.9 Å². The lowest BCUT2D eigenvalue weighted by Crippen LogP contribution is -2.44. The molecule has 0 spiro atoms. The van der Waals surface area contributed by atoms with Gasteiger partial charge in [0.05, 0.1) is 5.69 Å². The van der Waals surface area contributed by atoms with Crippen LogP contribution in [0, 0.1) is 6.92 Å². The number of rotatable bonds is 5. The van der Waals surface area contributed by atoms with Gasteiger partial charge in [0.2, 0.25) is 5.88 Å². The normalized spacial score (nSPS) is 11.5. The summed E-state index contributed by atoms with van der Waals surface area (Å²) in [6.07, 6.45) is 5.06. The Kier molecular flexibility index (Phi) is 4.03. The summed E-state index contributed by atoms with van der Waals surface area (Å²) >= 11 is 0. The molecular weight excluding hydrogens is 190 g/mol. The zero-order valence-electron chi connectivity index (χ0n) is 9.66. The van der Waals surface area contributed by atoms with Crippen molar-refractivity contribution in [3.8, 4) is 5.88 Å². The van der Waals surface area contributed by atoms with Crippen LogP contribution in [0.3, 0.4) is 0 Å². The summed E-state index contributed by atoms with van der Waals surface area (Å²) < 4.78 is 5.59. The van der Waals surface area contributed by atoms with Crippen LogP contribution >= 0.6 is 0 Å². The lowest BCUT2D eigenvalue weighted by atomic mass is 9.96. The fraction of sp³-hybridized carbons (Fsp3) is 0.636. The van der Waals surface area contributed by atoms with Crippen LogP contribution in [0.2, 0.25) is 0 Å². The molecule has 1 rings (SSSR count). The SMILES string of the molecule is CCC(N)(CC)COc1nccnc1C. The van der Waals surface area contributed by atoms with Gasteiger partial charge in [-0.1, -0.05) is 13.8 Å². The zero-order chi connectivity index (χ0) is 11.3. The van der Waals surface area contributed by atoms with Crippen molar-refractivity contribution in [2.75, 3.05) is 6.61 Å². The summed E-state index contributed by atoms with van der Waals surface area (Å²) in [5, 5.41) is 0. The molecule has 0 fully saturated rings. The fourth-order valence-corrected chi connectivity index (χ4v) is 1.20. The van der Waals surface area contributed by atoms with Gasteiger partial charge in [0.1, 0.15) is 6.61 Å². The Morgan fingerprint density at radius 1 is 1.27 bits per heavy atom. The lowest BCUT2D eigenvalue weighted by Gasteiger charge is -2.26. The number of aromatic nitrogens is 2. The predicted octanol–water partition coefficient (Wildman–Crippen LogP) is 1.68. The van der Waals surface area contributed by atoms with Gasteiger partial charge in [-0.15, -0.1) is 0 Å². The van der Waals surface area contributed by atoms with Crippen molar-refractivity contribution in [1.82, 2.24) is 9.97 Å². The lowest BCUT2D eigenvalue weighted by molar-refractivity contribution is 0.199. The minimum atomic E-state index is -0.260. The summed E-state index contributed by atoms with van der Waals surface area (Å²) in [5.41, 5.74) is 6.66. The molecule has 0 amide bonds. The summed E-state index contributed by atoms with van der Waals surface area (Å²) in [4.78, 5) is 8.21. The molecule has 1 aromatic heterocycles. The number of nitrogens with two attached hydrogens (primary N) is 1. The minimum absolute atomic E-state index is 0.260. The van der Waals surface area contributed by atoms with Gasteiger partial charge in [-0.3, -0.25) is 4.98 Å². The number of nitrogens with zero attached hydrogens (tertiary/aromatic N) is 2. The van der Waals surface area contributed by atoms with E-state index in [0.717, 1.165) is 18.5 Å². The number of hydrogen-bond acceptors (Lipinski definition) is 4. The quantitative estimate of drug-likeness (QED) is 0.801. The molecule has 1 aromatic rings. The van der Waals surface area contributed by atoms with Gasteiger partial charge < -0.3 is 10.5 Å². The first kappa shape index (κ1) is 11.9. The van der Waals surface area contributed by atoms with Crippen molar-refractivity contribution >= 4 is 0 Å². The Balaban J connectivity index is 2.61. The molecule has 0 aliphatic rings. The first-order valence-electron chi connectivity index (χ1n) is 5.30. The number of hydrogen-bond donors (Lipinski definition) is 1. The van der Waals surface area contributed by atoms with E-state index in [9.17, 15) is 0 Å². The maximum atomic E-state index is 6.12. The average Bonchev–Trinajstić information content (AvgIpc) is 2.28. The summed E-state index contributed by atoms with van der Waals surface area (Å²) in [7, 11) is 0. The highest BCUT2D eigenvalue weighted by Crippen LogP contribution is 2.15. The van der Waals surface area contributed by atoms with Gasteiger partial charge in [-0.2, -0.15) is 0 Å². The highest BCUT2D eigenvalue weighted by atomic mass is 16.5.